The Balaban J connectivity index is 2.02. The van der Waals surface area contributed by atoms with Crippen LogP contribution in [0, 0.1) is 0 Å². The van der Waals surface area contributed by atoms with Gasteiger partial charge in [-0.25, -0.2) is 4.79 Å². The second-order valence-electron chi connectivity index (χ2n) is 3.83. The number of para-hydroxylation sites is 1. The van der Waals surface area contributed by atoms with Crippen molar-refractivity contribution in [2.45, 2.75) is 10.6 Å². The van der Waals surface area contributed by atoms with Gasteiger partial charge in [-0.3, -0.25) is 0 Å². The van der Waals surface area contributed by atoms with Gasteiger partial charge in [-0.05, 0) is 29.8 Å². The molecule has 18 heavy (non-hydrogen) atoms. The first-order chi connectivity index (χ1) is 8.66. The van der Waals surface area contributed by atoms with E-state index in [-0.39, 0.29) is 0 Å². The third kappa shape index (κ3) is 3.05. The molecule has 0 saturated heterocycles. The largest absolute Gasteiger partial charge is 0.478 e. The number of nitrogens with two attached hydrogens (primary N) is 1. The van der Waals surface area contributed by atoms with Gasteiger partial charge in [0.15, 0.2) is 0 Å². The number of nitrogen functional groups attached to an aromatic ring is 1. The molecule has 92 valence electrons. The summed E-state index contributed by atoms with van der Waals surface area (Å²) in [5.74, 6) is -0.129. The summed E-state index contributed by atoms with van der Waals surface area (Å²) < 4.78 is 0. The van der Waals surface area contributed by atoms with Gasteiger partial charge in [0, 0.05) is 16.3 Å². The van der Waals surface area contributed by atoms with Gasteiger partial charge in [-0.1, -0.05) is 24.3 Å². The Bertz CT molecular complexity index is 552. The number of carboxylic acid groups (broad SMARTS) is 1. The minimum atomic E-state index is -0.901. The molecule has 0 radical (unpaired) electrons. The summed E-state index contributed by atoms with van der Waals surface area (Å²) >= 11 is 1.64. The molecule has 0 heterocycles. The fourth-order valence-corrected chi connectivity index (χ4v) is 2.44. The van der Waals surface area contributed by atoms with Crippen LogP contribution in [0.1, 0.15) is 15.9 Å². The van der Waals surface area contributed by atoms with Crippen molar-refractivity contribution in [1.29, 1.82) is 0 Å². The number of benzene rings is 2. The van der Waals surface area contributed by atoms with Crippen LogP contribution in [0.2, 0.25) is 0 Å². The Morgan fingerprint density at radius 2 is 1.78 bits per heavy atom. The van der Waals surface area contributed by atoms with Crippen molar-refractivity contribution in [1.82, 2.24) is 0 Å². The van der Waals surface area contributed by atoms with Crippen molar-refractivity contribution in [2.24, 2.45) is 0 Å². The summed E-state index contributed by atoms with van der Waals surface area (Å²) in [5.41, 5.74) is 8.00. The molecule has 3 nitrogen and oxygen atoms in total. The van der Waals surface area contributed by atoms with E-state index in [0.29, 0.717) is 5.56 Å². The number of carboxylic acids is 1. The van der Waals surface area contributed by atoms with Gasteiger partial charge in [0.2, 0.25) is 0 Å². The van der Waals surface area contributed by atoms with Gasteiger partial charge in [-0.15, -0.1) is 11.8 Å². The van der Waals surface area contributed by atoms with Crippen LogP contribution in [-0.4, -0.2) is 11.1 Å². The molecular weight excluding hydrogens is 246 g/mol. The maximum absolute atomic E-state index is 10.7. The number of thioether (sulfide) groups is 1. The Morgan fingerprint density at radius 1 is 1.11 bits per heavy atom. The Kier molecular flexibility index (Phi) is 3.89. The smallest absolute Gasteiger partial charge is 0.335 e. The molecular formula is C14H13NO2S. The highest BCUT2D eigenvalue weighted by Gasteiger charge is 2.03. The molecule has 2 rings (SSSR count). The summed E-state index contributed by atoms with van der Waals surface area (Å²) in [5, 5.41) is 8.80. The summed E-state index contributed by atoms with van der Waals surface area (Å²) in [4.78, 5) is 11.8. The average molecular weight is 259 g/mol. The Hall–Kier alpha value is -1.94. The van der Waals surface area contributed by atoms with Crippen molar-refractivity contribution in [3.8, 4) is 0 Å². The highest BCUT2D eigenvalue weighted by molar-refractivity contribution is 7.98. The lowest BCUT2D eigenvalue weighted by atomic mass is 10.1. The molecule has 3 N–H and O–H groups in total. The number of hydrogen-bond donors (Lipinski definition) is 2. The Morgan fingerprint density at radius 3 is 2.39 bits per heavy atom. The van der Waals surface area contributed by atoms with E-state index in [4.69, 9.17) is 10.8 Å². The van der Waals surface area contributed by atoms with Crippen LogP contribution in [0.15, 0.2) is 53.4 Å². The fraction of sp³-hybridized carbons (Fsp3) is 0.0714. The zero-order valence-corrected chi connectivity index (χ0v) is 10.5. The molecule has 2 aromatic carbocycles. The zero-order valence-electron chi connectivity index (χ0n) is 9.67. The lowest BCUT2D eigenvalue weighted by Gasteiger charge is -2.05. The van der Waals surface area contributed by atoms with Crippen LogP contribution in [0.5, 0.6) is 0 Å². The van der Waals surface area contributed by atoms with Crippen LogP contribution in [-0.2, 0) is 5.75 Å². The van der Waals surface area contributed by atoms with E-state index in [1.807, 2.05) is 36.4 Å². The van der Waals surface area contributed by atoms with Crippen molar-refractivity contribution >= 4 is 23.4 Å². The van der Waals surface area contributed by atoms with E-state index in [1.54, 1.807) is 23.9 Å². The third-order valence-corrected chi connectivity index (χ3v) is 3.67. The second kappa shape index (κ2) is 5.60. The standard InChI is InChI=1S/C14H13NO2S/c15-12-3-1-2-4-13(12)18-9-10-5-7-11(8-6-10)14(16)17/h1-8H,9,15H2,(H,16,17). The quantitative estimate of drug-likeness (QED) is 0.653. The third-order valence-electron chi connectivity index (χ3n) is 2.51. The van der Waals surface area contributed by atoms with E-state index < -0.39 is 5.97 Å². The summed E-state index contributed by atoms with van der Waals surface area (Å²) in [6.45, 7) is 0. The van der Waals surface area contributed by atoms with Crippen molar-refractivity contribution < 1.29 is 9.90 Å². The monoisotopic (exact) mass is 259 g/mol. The maximum atomic E-state index is 10.7. The van der Waals surface area contributed by atoms with E-state index in [9.17, 15) is 4.79 Å². The molecule has 0 unspecified atom stereocenters. The van der Waals surface area contributed by atoms with Crippen LogP contribution >= 0.6 is 11.8 Å². The van der Waals surface area contributed by atoms with E-state index in [0.717, 1.165) is 21.9 Å². The molecule has 0 saturated carbocycles. The highest BCUT2D eigenvalue weighted by Crippen LogP contribution is 2.27. The predicted molar refractivity (Wildman–Crippen MR) is 73.8 cm³/mol. The first-order valence-corrected chi connectivity index (χ1v) is 6.45. The van der Waals surface area contributed by atoms with Crippen LogP contribution in [0.3, 0.4) is 0 Å². The molecule has 0 aliphatic rings. The molecule has 4 heteroatoms. The summed E-state index contributed by atoms with van der Waals surface area (Å²) in [6.07, 6.45) is 0. The lowest BCUT2D eigenvalue weighted by Crippen LogP contribution is -1.95. The predicted octanol–water partition coefficient (Wildman–Crippen LogP) is 3.26. The summed E-state index contributed by atoms with van der Waals surface area (Å²) in [7, 11) is 0. The van der Waals surface area contributed by atoms with E-state index in [2.05, 4.69) is 0 Å². The van der Waals surface area contributed by atoms with Gasteiger partial charge in [0.1, 0.15) is 0 Å². The van der Waals surface area contributed by atoms with Gasteiger partial charge >= 0.3 is 5.97 Å². The van der Waals surface area contributed by atoms with Crippen molar-refractivity contribution in [3.05, 3.63) is 59.7 Å². The second-order valence-corrected chi connectivity index (χ2v) is 4.85. The topological polar surface area (TPSA) is 63.3 Å². The molecule has 0 aromatic heterocycles. The molecule has 0 spiro atoms. The minimum Gasteiger partial charge on any atom is -0.478 e. The van der Waals surface area contributed by atoms with Gasteiger partial charge < -0.3 is 10.8 Å². The van der Waals surface area contributed by atoms with Gasteiger partial charge in [0.25, 0.3) is 0 Å². The van der Waals surface area contributed by atoms with Crippen LogP contribution < -0.4 is 5.73 Å². The SMILES string of the molecule is Nc1ccccc1SCc1ccc(C(=O)O)cc1. The fourth-order valence-electron chi connectivity index (χ4n) is 1.52. The molecule has 0 amide bonds. The lowest BCUT2D eigenvalue weighted by molar-refractivity contribution is 0.0697. The number of hydrogen-bond acceptors (Lipinski definition) is 3. The van der Waals surface area contributed by atoms with E-state index >= 15 is 0 Å². The van der Waals surface area contributed by atoms with Crippen molar-refractivity contribution in [3.63, 3.8) is 0 Å². The molecule has 0 aliphatic heterocycles. The average Bonchev–Trinajstić information content (AvgIpc) is 2.38. The molecule has 2 aromatic rings. The normalized spacial score (nSPS) is 10.2. The first kappa shape index (κ1) is 12.5. The molecule has 0 atom stereocenters. The number of aromatic carboxylic acids is 1. The van der Waals surface area contributed by atoms with Gasteiger partial charge in [0.05, 0.1) is 5.56 Å². The number of carbonyl (C=O) groups is 1. The maximum Gasteiger partial charge on any atom is 0.335 e. The Labute approximate surface area is 110 Å². The minimum absolute atomic E-state index is 0.308. The molecule has 0 fully saturated rings. The first-order valence-electron chi connectivity index (χ1n) is 5.46. The number of rotatable bonds is 4. The van der Waals surface area contributed by atoms with Gasteiger partial charge in [-0.2, -0.15) is 0 Å². The molecule has 0 bridgehead atoms. The number of anilines is 1. The van der Waals surface area contributed by atoms with Crippen molar-refractivity contribution in [2.75, 3.05) is 5.73 Å². The van der Waals surface area contributed by atoms with Crippen LogP contribution in [0.25, 0.3) is 0 Å². The zero-order chi connectivity index (χ0) is 13.0. The summed E-state index contributed by atoms with van der Waals surface area (Å²) in [6, 6.07) is 14.6. The highest BCUT2D eigenvalue weighted by atomic mass is 32.2. The molecule has 0 aliphatic carbocycles. The van der Waals surface area contributed by atoms with Crippen LogP contribution in [0.4, 0.5) is 5.69 Å². The van der Waals surface area contributed by atoms with E-state index in [1.165, 1.54) is 0 Å².